The van der Waals surface area contributed by atoms with Gasteiger partial charge in [-0.15, -0.1) is 0 Å². The predicted molar refractivity (Wildman–Crippen MR) is 102 cm³/mol. The largest absolute Gasteiger partial charge is 0.493 e. The zero-order chi connectivity index (χ0) is 19.0. The molecular weight excluding hydrogens is 314 g/mol. The Morgan fingerprint density at radius 1 is 1.04 bits per heavy atom. The van der Waals surface area contributed by atoms with E-state index in [1.807, 2.05) is 53.8 Å². The Balaban J connectivity index is 2.62. The lowest BCUT2D eigenvalue weighted by molar-refractivity contribution is -0.130. The fourth-order valence-corrected chi connectivity index (χ4v) is 2.07. The van der Waals surface area contributed by atoms with Gasteiger partial charge in [-0.2, -0.15) is 0 Å². The number of benzene rings is 1. The lowest BCUT2D eigenvalue weighted by atomic mass is 10.1. The van der Waals surface area contributed by atoms with Gasteiger partial charge >= 0.3 is 0 Å². The Kier molecular flexibility index (Phi) is 8.17. The first-order valence-electron chi connectivity index (χ1n) is 8.90. The maximum atomic E-state index is 12.5. The van der Waals surface area contributed by atoms with Gasteiger partial charge in [0.1, 0.15) is 12.4 Å². The molecule has 0 aliphatic rings. The van der Waals surface area contributed by atoms with Crippen LogP contribution in [0.4, 0.5) is 0 Å². The highest BCUT2D eigenvalue weighted by Crippen LogP contribution is 2.17. The molecule has 0 aliphatic carbocycles. The first-order valence-corrected chi connectivity index (χ1v) is 8.90. The molecular formula is C21H33NO3. The van der Waals surface area contributed by atoms with E-state index in [1.165, 1.54) is 0 Å². The SMILES string of the molecule is CCCOCc1ccc(CO/C(C)=C(\C)C(=O)N(C)C(C)(C)C)cc1. The molecule has 0 heterocycles. The van der Waals surface area contributed by atoms with Crippen molar-refractivity contribution in [3.8, 4) is 0 Å². The average Bonchev–Trinajstić information content (AvgIpc) is 2.58. The number of hydrogen-bond donors (Lipinski definition) is 0. The van der Waals surface area contributed by atoms with E-state index in [0.717, 1.165) is 24.2 Å². The molecule has 4 heteroatoms. The Hall–Kier alpha value is -1.81. The third-order valence-corrected chi connectivity index (χ3v) is 4.26. The maximum Gasteiger partial charge on any atom is 0.253 e. The van der Waals surface area contributed by atoms with Gasteiger partial charge in [-0.25, -0.2) is 0 Å². The molecule has 1 aromatic carbocycles. The highest BCUT2D eigenvalue weighted by Gasteiger charge is 2.24. The fraction of sp³-hybridized carbons (Fsp3) is 0.571. The van der Waals surface area contributed by atoms with Crippen LogP contribution in [0.5, 0.6) is 0 Å². The number of carbonyl (C=O) groups excluding carboxylic acids is 1. The van der Waals surface area contributed by atoms with Crippen LogP contribution in [0.1, 0.15) is 59.1 Å². The Morgan fingerprint density at radius 3 is 2.04 bits per heavy atom. The summed E-state index contributed by atoms with van der Waals surface area (Å²) in [5.41, 5.74) is 2.65. The third kappa shape index (κ3) is 6.91. The van der Waals surface area contributed by atoms with Crippen LogP contribution >= 0.6 is 0 Å². The summed E-state index contributed by atoms with van der Waals surface area (Å²) in [6.07, 6.45) is 1.03. The number of likely N-dealkylation sites (N-methyl/N-ethyl adjacent to an activating group) is 1. The second-order valence-electron chi connectivity index (χ2n) is 7.37. The number of hydrogen-bond acceptors (Lipinski definition) is 3. The van der Waals surface area contributed by atoms with E-state index in [-0.39, 0.29) is 11.4 Å². The van der Waals surface area contributed by atoms with Crippen LogP contribution in [-0.2, 0) is 27.5 Å². The summed E-state index contributed by atoms with van der Waals surface area (Å²) >= 11 is 0. The molecule has 4 nitrogen and oxygen atoms in total. The van der Waals surface area contributed by atoms with Gasteiger partial charge in [0.05, 0.1) is 12.2 Å². The van der Waals surface area contributed by atoms with Crippen molar-refractivity contribution >= 4 is 5.91 Å². The van der Waals surface area contributed by atoms with Gasteiger partial charge in [0, 0.05) is 19.2 Å². The molecule has 0 bridgehead atoms. The number of amides is 1. The normalized spacial score (nSPS) is 12.6. The Bertz CT molecular complexity index is 582. The van der Waals surface area contributed by atoms with Crippen LogP contribution in [0.15, 0.2) is 35.6 Å². The molecule has 140 valence electrons. The van der Waals surface area contributed by atoms with Gasteiger partial charge in [-0.3, -0.25) is 4.79 Å². The number of carbonyl (C=O) groups is 1. The van der Waals surface area contributed by atoms with E-state index in [0.29, 0.717) is 24.5 Å². The molecule has 0 atom stereocenters. The zero-order valence-electron chi connectivity index (χ0n) is 16.8. The van der Waals surface area contributed by atoms with Gasteiger partial charge in [0.15, 0.2) is 0 Å². The fourth-order valence-electron chi connectivity index (χ4n) is 2.07. The van der Waals surface area contributed by atoms with Crippen molar-refractivity contribution < 1.29 is 14.3 Å². The molecule has 0 N–H and O–H groups in total. The summed E-state index contributed by atoms with van der Waals surface area (Å²) in [5, 5.41) is 0. The number of rotatable bonds is 8. The molecule has 0 saturated heterocycles. The first kappa shape index (κ1) is 21.2. The van der Waals surface area contributed by atoms with Gasteiger partial charge in [-0.05, 0) is 52.2 Å². The van der Waals surface area contributed by atoms with E-state index < -0.39 is 0 Å². The monoisotopic (exact) mass is 347 g/mol. The molecule has 0 unspecified atom stereocenters. The lowest BCUT2D eigenvalue weighted by Crippen LogP contribution is -2.43. The summed E-state index contributed by atoms with van der Waals surface area (Å²) < 4.78 is 11.3. The van der Waals surface area contributed by atoms with Crippen molar-refractivity contribution in [2.75, 3.05) is 13.7 Å². The number of ether oxygens (including phenoxy) is 2. The van der Waals surface area contributed by atoms with Crippen molar-refractivity contribution in [1.82, 2.24) is 4.90 Å². The summed E-state index contributed by atoms with van der Waals surface area (Å²) in [5.74, 6) is 0.657. The van der Waals surface area contributed by atoms with Gasteiger partial charge in [-0.1, -0.05) is 31.2 Å². The Morgan fingerprint density at radius 2 is 1.56 bits per heavy atom. The number of nitrogens with zero attached hydrogens (tertiary/aromatic N) is 1. The minimum Gasteiger partial charge on any atom is -0.493 e. The molecule has 1 aromatic rings. The van der Waals surface area contributed by atoms with Gasteiger partial charge < -0.3 is 14.4 Å². The highest BCUT2D eigenvalue weighted by molar-refractivity contribution is 5.93. The summed E-state index contributed by atoms with van der Waals surface area (Å²) in [7, 11) is 1.82. The first-order chi connectivity index (χ1) is 11.7. The van der Waals surface area contributed by atoms with Crippen LogP contribution in [0.25, 0.3) is 0 Å². The maximum absolute atomic E-state index is 12.5. The van der Waals surface area contributed by atoms with Crippen molar-refractivity contribution in [1.29, 1.82) is 0 Å². The van der Waals surface area contributed by atoms with Gasteiger partial charge in [0.2, 0.25) is 0 Å². The number of allylic oxidation sites excluding steroid dienone is 1. The van der Waals surface area contributed by atoms with Gasteiger partial charge in [0.25, 0.3) is 5.91 Å². The standard InChI is InChI=1S/C21H33NO3/c1-8-13-24-14-18-9-11-19(12-10-18)15-25-17(3)16(2)20(23)22(7)21(4,5)6/h9-12H,8,13-15H2,1-7H3/b17-16+. The van der Waals surface area contributed by atoms with Crippen LogP contribution in [-0.4, -0.2) is 30.0 Å². The van der Waals surface area contributed by atoms with Crippen LogP contribution in [0.2, 0.25) is 0 Å². The minimum absolute atomic E-state index is 0.00609. The summed E-state index contributed by atoms with van der Waals surface area (Å²) in [6, 6.07) is 8.18. The molecule has 0 saturated carbocycles. The predicted octanol–water partition coefficient (Wildman–Crippen LogP) is 4.68. The van der Waals surface area contributed by atoms with Crippen molar-refractivity contribution in [3.05, 3.63) is 46.7 Å². The summed E-state index contributed by atoms with van der Waals surface area (Å²) in [6.45, 7) is 13.7. The zero-order valence-corrected chi connectivity index (χ0v) is 16.8. The van der Waals surface area contributed by atoms with Crippen molar-refractivity contribution in [2.24, 2.45) is 0 Å². The van der Waals surface area contributed by atoms with Crippen molar-refractivity contribution in [2.45, 2.75) is 66.7 Å². The van der Waals surface area contributed by atoms with E-state index in [2.05, 4.69) is 19.1 Å². The molecule has 0 aliphatic heterocycles. The molecule has 1 rings (SSSR count). The Labute approximate surface area is 152 Å². The van der Waals surface area contributed by atoms with E-state index in [1.54, 1.807) is 4.90 Å². The smallest absolute Gasteiger partial charge is 0.253 e. The van der Waals surface area contributed by atoms with Crippen LogP contribution in [0.3, 0.4) is 0 Å². The molecule has 0 spiro atoms. The van der Waals surface area contributed by atoms with E-state index >= 15 is 0 Å². The molecule has 25 heavy (non-hydrogen) atoms. The summed E-state index contributed by atoms with van der Waals surface area (Å²) in [4.78, 5) is 14.2. The van der Waals surface area contributed by atoms with E-state index in [4.69, 9.17) is 9.47 Å². The second-order valence-corrected chi connectivity index (χ2v) is 7.37. The quantitative estimate of drug-likeness (QED) is 0.389. The molecule has 0 radical (unpaired) electrons. The van der Waals surface area contributed by atoms with Crippen LogP contribution in [0, 0.1) is 0 Å². The highest BCUT2D eigenvalue weighted by atomic mass is 16.5. The van der Waals surface area contributed by atoms with E-state index in [9.17, 15) is 4.79 Å². The minimum atomic E-state index is -0.214. The molecule has 1 amide bonds. The van der Waals surface area contributed by atoms with Crippen LogP contribution < -0.4 is 0 Å². The topological polar surface area (TPSA) is 38.8 Å². The second kappa shape index (κ2) is 9.62. The third-order valence-electron chi connectivity index (χ3n) is 4.26. The average molecular weight is 347 g/mol. The molecule has 0 fully saturated rings. The lowest BCUT2D eigenvalue weighted by Gasteiger charge is -2.32. The molecule has 0 aromatic heterocycles. The van der Waals surface area contributed by atoms with Crippen molar-refractivity contribution in [3.63, 3.8) is 0 Å².